The van der Waals surface area contributed by atoms with E-state index < -0.39 is 69.7 Å². The van der Waals surface area contributed by atoms with Crippen LogP contribution in [-0.2, 0) is 32.7 Å². The first-order chi connectivity index (χ1) is 19.2. The summed E-state index contributed by atoms with van der Waals surface area (Å²) in [6.07, 6.45) is -1.09. The molecule has 0 saturated carbocycles. The molecule has 222 valence electrons. The van der Waals surface area contributed by atoms with Crippen LogP contribution in [0.5, 0.6) is 0 Å². The monoisotopic (exact) mass is 616 g/mol. The molecule has 2 aromatic heterocycles. The third-order valence-corrected chi connectivity index (χ3v) is 10.5. The van der Waals surface area contributed by atoms with E-state index in [4.69, 9.17) is 24.5 Å². The molecule has 6 N–H and O–H groups in total. The molecular formula is C22H27FN6O10P2. The second-order valence-electron chi connectivity index (χ2n) is 9.82. The van der Waals surface area contributed by atoms with Crippen molar-refractivity contribution in [2.75, 3.05) is 12.3 Å². The highest BCUT2D eigenvalue weighted by Gasteiger charge is 2.57. The second kappa shape index (κ2) is 10.8. The number of hydrogen-bond acceptors (Lipinski definition) is 11. The first-order valence-electron chi connectivity index (χ1n) is 12.1. The zero-order chi connectivity index (χ0) is 29.7. The van der Waals surface area contributed by atoms with E-state index in [9.17, 15) is 28.8 Å². The van der Waals surface area contributed by atoms with Gasteiger partial charge in [0.15, 0.2) is 23.5 Å². The Morgan fingerprint density at radius 3 is 2.56 bits per heavy atom. The van der Waals surface area contributed by atoms with E-state index in [1.807, 2.05) is 0 Å². The van der Waals surface area contributed by atoms with Crippen LogP contribution in [0.15, 0.2) is 43.0 Å². The Bertz CT molecular complexity index is 1540. The SMILES string of the molecule is CC1(C)OC2C(COP(=O)(O)[C@H](F)P(=O)(O)N[C@@H](C(=O)O)c3ccccc3)OC(n3cnc4c(N)ncnc43)C2O1. The van der Waals surface area contributed by atoms with E-state index in [0.717, 1.165) is 0 Å². The average molecular weight is 616 g/mol. The number of nitrogen functional groups attached to an aromatic ring is 1. The number of aliphatic carboxylic acids is 1. The zero-order valence-electron chi connectivity index (χ0n) is 21.6. The number of ether oxygens (including phenoxy) is 3. The van der Waals surface area contributed by atoms with Crippen LogP contribution in [0, 0.1) is 0 Å². The van der Waals surface area contributed by atoms with Gasteiger partial charge in [-0.3, -0.25) is 18.5 Å². The summed E-state index contributed by atoms with van der Waals surface area (Å²) in [6, 6.07) is 5.32. The molecule has 4 heterocycles. The Kier molecular flexibility index (Phi) is 7.78. The maximum atomic E-state index is 15.1. The highest BCUT2D eigenvalue weighted by Crippen LogP contribution is 2.64. The van der Waals surface area contributed by atoms with E-state index in [2.05, 4.69) is 15.0 Å². The van der Waals surface area contributed by atoms with E-state index in [-0.39, 0.29) is 11.4 Å². The number of hydrogen-bond donors (Lipinski definition) is 5. The van der Waals surface area contributed by atoms with Crippen molar-refractivity contribution >= 4 is 38.1 Å². The Morgan fingerprint density at radius 1 is 1.20 bits per heavy atom. The molecule has 1 aromatic carbocycles. The van der Waals surface area contributed by atoms with Gasteiger partial charge in [0.25, 0.3) is 5.65 Å². The number of nitrogens with two attached hydrogens (primary N) is 1. The van der Waals surface area contributed by atoms with Crippen molar-refractivity contribution in [2.24, 2.45) is 0 Å². The summed E-state index contributed by atoms with van der Waals surface area (Å²) in [5.74, 6) is -2.58. The first kappa shape index (κ1) is 29.6. The molecule has 2 aliphatic rings. The zero-order valence-corrected chi connectivity index (χ0v) is 23.3. The summed E-state index contributed by atoms with van der Waals surface area (Å²) in [7, 11) is -10.9. The maximum absolute atomic E-state index is 15.1. The predicted octanol–water partition coefficient (Wildman–Crippen LogP) is 1.88. The number of benzene rings is 1. The fourth-order valence-electron chi connectivity index (χ4n) is 4.68. The normalized spacial score (nSPS) is 28.0. The number of imidazole rings is 1. The second-order valence-corrected chi connectivity index (χ2v) is 14.0. The van der Waals surface area contributed by atoms with Gasteiger partial charge in [0.1, 0.15) is 36.2 Å². The Morgan fingerprint density at radius 2 is 1.88 bits per heavy atom. The van der Waals surface area contributed by atoms with Gasteiger partial charge in [-0.25, -0.2) is 24.4 Å². The summed E-state index contributed by atoms with van der Waals surface area (Å²) in [5, 5.41) is 11.2. The lowest BCUT2D eigenvalue weighted by molar-refractivity contribution is -0.199. The van der Waals surface area contributed by atoms with Crippen LogP contribution in [0.3, 0.4) is 0 Å². The van der Waals surface area contributed by atoms with Crippen molar-refractivity contribution < 1.29 is 51.9 Å². The number of halogens is 1. The topological polar surface area (TPSA) is 230 Å². The van der Waals surface area contributed by atoms with E-state index >= 15 is 4.39 Å². The Labute approximate surface area is 231 Å². The third-order valence-electron chi connectivity index (χ3n) is 6.46. The molecular weight excluding hydrogens is 589 g/mol. The van der Waals surface area contributed by atoms with E-state index in [1.54, 1.807) is 25.0 Å². The average Bonchev–Trinajstić information content (AvgIpc) is 3.57. The first-order valence-corrected chi connectivity index (χ1v) is 15.5. The van der Waals surface area contributed by atoms with Gasteiger partial charge in [0, 0.05) is 0 Å². The van der Waals surface area contributed by atoms with Crippen LogP contribution in [0.2, 0.25) is 0 Å². The molecule has 0 spiro atoms. The van der Waals surface area contributed by atoms with Crippen LogP contribution in [-0.4, -0.2) is 76.7 Å². The molecule has 16 nitrogen and oxygen atoms in total. The van der Waals surface area contributed by atoms with Crippen molar-refractivity contribution in [1.82, 2.24) is 24.6 Å². The van der Waals surface area contributed by atoms with Crippen molar-refractivity contribution in [3.8, 4) is 0 Å². The van der Waals surface area contributed by atoms with Crippen LogP contribution in [0.25, 0.3) is 11.2 Å². The number of rotatable bonds is 10. The number of anilines is 1. The summed E-state index contributed by atoms with van der Waals surface area (Å²) in [6.45, 7) is 2.52. The lowest BCUT2D eigenvalue weighted by atomic mass is 10.1. The van der Waals surface area contributed by atoms with Gasteiger partial charge in [-0.15, -0.1) is 0 Å². The van der Waals surface area contributed by atoms with Gasteiger partial charge in [-0.05, 0) is 19.4 Å². The molecule has 41 heavy (non-hydrogen) atoms. The summed E-state index contributed by atoms with van der Waals surface area (Å²) in [4.78, 5) is 44.6. The van der Waals surface area contributed by atoms with Crippen molar-refractivity contribution in [1.29, 1.82) is 0 Å². The van der Waals surface area contributed by atoms with Crippen LogP contribution in [0.4, 0.5) is 10.2 Å². The molecule has 5 rings (SSSR count). The number of aromatic nitrogens is 4. The van der Waals surface area contributed by atoms with Crippen molar-refractivity contribution in [3.63, 3.8) is 0 Å². The molecule has 2 fully saturated rings. The fraction of sp³-hybridized carbons (Fsp3) is 0.455. The van der Waals surface area contributed by atoms with Crippen LogP contribution >= 0.6 is 15.1 Å². The van der Waals surface area contributed by atoms with Gasteiger partial charge < -0.3 is 39.4 Å². The van der Waals surface area contributed by atoms with Crippen molar-refractivity contribution in [2.45, 2.75) is 55.9 Å². The minimum absolute atomic E-state index is 0.0201. The van der Waals surface area contributed by atoms with Crippen LogP contribution in [0.1, 0.15) is 31.7 Å². The Hall–Kier alpha value is -2.85. The third kappa shape index (κ3) is 5.78. The number of carboxylic acid groups (broad SMARTS) is 1. The number of nitrogens with zero attached hydrogens (tertiary/aromatic N) is 4. The standard InChI is InChI=1S/C22H27FN6O10P2/c1-22(2)38-15-12(37-19(16(15)39-22)29-10-27-14-17(24)25-9-26-18(14)29)8-36-41(34,35)21(23)40(32,33)28-13(20(30)31)11-6-4-3-5-7-11/h3-7,9-10,12-13,15-16,19,21H,8H2,1-2H3,(H,30,31)(H,34,35)(H2,24,25,26)(H2,28,32,33)/t12?,13-,15?,16?,19?,21-/m1/s1. The molecule has 0 aliphatic carbocycles. The number of alkyl halides is 1. The Balaban J connectivity index is 1.33. The number of carbonyl (C=O) groups is 1. The predicted molar refractivity (Wildman–Crippen MR) is 138 cm³/mol. The van der Waals surface area contributed by atoms with Crippen molar-refractivity contribution in [3.05, 3.63) is 48.5 Å². The molecule has 0 radical (unpaired) electrons. The molecule has 2 saturated heterocycles. The van der Waals surface area contributed by atoms with E-state index in [0.29, 0.717) is 11.2 Å². The number of nitrogens with one attached hydrogen (secondary N) is 1. The smallest absolute Gasteiger partial charge is 0.373 e. The van der Waals surface area contributed by atoms with Gasteiger partial charge in [0.2, 0.25) is 0 Å². The lowest BCUT2D eigenvalue weighted by Gasteiger charge is -2.26. The highest BCUT2D eigenvalue weighted by atomic mass is 31.2. The van der Waals surface area contributed by atoms with Gasteiger partial charge in [-0.2, -0.15) is 0 Å². The molecule has 19 heteroatoms. The van der Waals surface area contributed by atoms with Gasteiger partial charge in [-0.1, -0.05) is 30.3 Å². The van der Waals surface area contributed by atoms with E-state index in [1.165, 1.54) is 41.5 Å². The molecule has 8 atom stereocenters. The lowest BCUT2D eigenvalue weighted by Crippen LogP contribution is -2.33. The van der Waals surface area contributed by atoms with Gasteiger partial charge >= 0.3 is 21.1 Å². The van der Waals surface area contributed by atoms with Gasteiger partial charge in [0.05, 0.1) is 12.9 Å². The van der Waals surface area contributed by atoms with Crippen LogP contribution < -0.4 is 10.8 Å². The summed E-state index contributed by atoms with van der Waals surface area (Å²) < 4.78 is 65.0. The minimum atomic E-state index is -5.50. The number of carboxylic acids is 1. The highest BCUT2D eigenvalue weighted by molar-refractivity contribution is 7.72. The maximum Gasteiger partial charge on any atom is 0.373 e. The number of fused-ring (bicyclic) bond motifs is 2. The molecule has 0 amide bonds. The largest absolute Gasteiger partial charge is 0.480 e. The molecule has 6 unspecified atom stereocenters. The summed E-state index contributed by atoms with van der Waals surface area (Å²) in [5.41, 5.74) is 3.11. The molecule has 3 aromatic rings. The molecule has 0 bridgehead atoms. The fourth-order valence-corrected chi connectivity index (χ4v) is 7.90. The molecule has 2 aliphatic heterocycles. The minimum Gasteiger partial charge on any atom is -0.480 e. The quantitative estimate of drug-likeness (QED) is 0.205. The summed E-state index contributed by atoms with van der Waals surface area (Å²) >= 11 is 0.